The number of phenolic OH excluding ortho intramolecular Hbond substituents is 1. The molecule has 1 aromatic heterocycles. The molecular weight excluding hydrogens is 338 g/mol. The predicted octanol–water partition coefficient (Wildman–Crippen LogP) is 1.92. The molecule has 1 aromatic carbocycles. The molecule has 6 nitrogen and oxygen atoms in total. The van der Waals surface area contributed by atoms with Crippen molar-refractivity contribution in [3.63, 3.8) is 0 Å². The summed E-state index contributed by atoms with van der Waals surface area (Å²) in [6.45, 7) is 4.13. The summed E-state index contributed by atoms with van der Waals surface area (Å²) in [6, 6.07) is 10.2. The van der Waals surface area contributed by atoms with Crippen molar-refractivity contribution in [3.05, 3.63) is 46.7 Å². The summed E-state index contributed by atoms with van der Waals surface area (Å²) >= 11 is 1.35. The first kappa shape index (κ1) is 17.3. The summed E-state index contributed by atoms with van der Waals surface area (Å²) in [6.07, 6.45) is 0. The van der Waals surface area contributed by atoms with E-state index in [1.54, 1.807) is 30.0 Å². The Morgan fingerprint density at radius 2 is 1.84 bits per heavy atom. The van der Waals surface area contributed by atoms with Gasteiger partial charge in [-0.3, -0.25) is 9.59 Å². The van der Waals surface area contributed by atoms with Crippen LogP contribution in [0, 0.1) is 0 Å². The van der Waals surface area contributed by atoms with Crippen molar-refractivity contribution in [2.24, 2.45) is 0 Å². The van der Waals surface area contributed by atoms with Crippen molar-refractivity contribution in [3.8, 4) is 5.75 Å². The standard InChI is InChI=1S/C18H21N3O3S/c1-13(19-17(23)16-7-4-12-25-16)18(24)21-10-8-20(9-11-21)14-5-2-3-6-15(14)22/h2-7,12-13,22H,8-11H2,1H3,(H,19,23). The molecule has 2 N–H and O–H groups in total. The first-order valence-corrected chi connectivity index (χ1v) is 9.10. The molecule has 1 aliphatic rings. The summed E-state index contributed by atoms with van der Waals surface area (Å²) in [7, 11) is 0. The molecule has 0 saturated carbocycles. The third-order valence-corrected chi connectivity index (χ3v) is 5.15. The van der Waals surface area contributed by atoms with Gasteiger partial charge in [-0.2, -0.15) is 0 Å². The first-order chi connectivity index (χ1) is 12.1. The van der Waals surface area contributed by atoms with Crippen LogP contribution in [0.2, 0.25) is 0 Å². The Labute approximate surface area is 150 Å². The number of rotatable bonds is 4. The van der Waals surface area contributed by atoms with Crippen LogP contribution in [-0.2, 0) is 4.79 Å². The number of hydrogen-bond donors (Lipinski definition) is 2. The Balaban J connectivity index is 1.54. The van der Waals surface area contributed by atoms with Gasteiger partial charge in [0.15, 0.2) is 0 Å². The Morgan fingerprint density at radius 3 is 2.48 bits per heavy atom. The van der Waals surface area contributed by atoms with Gasteiger partial charge in [0.05, 0.1) is 10.6 Å². The normalized spacial score (nSPS) is 15.7. The minimum atomic E-state index is -0.564. The fourth-order valence-electron chi connectivity index (χ4n) is 2.91. The van der Waals surface area contributed by atoms with Gasteiger partial charge < -0.3 is 20.2 Å². The Morgan fingerprint density at radius 1 is 1.12 bits per heavy atom. The number of nitrogens with zero attached hydrogens (tertiary/aromatic N) is 2. The fourth-order valence-corrected chi connectivity index (χ4v) is 3.54. The van der Waals surface area contributed by atoms with Crippen LogP contribution in [0.5, 0.6) is 5.75 Å². The van der Waals surface area contributed by atoms with Crippen molar-refractivity contribution >= 4 is 28.8 Å². The van der Waals surface area contributed by atoms with E-state index in [1.165, 1.54) is 11.3 Å². The lowest BCUT2D eigenvalue weighted by Crippen LogP contribution is -2.54. The van der Waals surface area contributed by atoms with Gasteiger partial charge in [-0.25, -0.2) is 0 Å². The number of thiophene rings is 1. The molecule has 3 rings (SSSR count). The molecule has 1 unspecified atom stereocenters. The fraction of sp³-hybridized carbons (Fsp3) is 0.333. The van der Waals surface area contributed by atoms with Crippen LogP contribution in [0.15, 0.2) is 41.8 Å². The highest BCUT2D eigenvalue weighted by Gasteiger charge is 2.27. The Hall–Kier alpha value is -2.54. The van der Waals surface area contributed by atoms with Crippen LogP contribution in [0.25, 0.3) is 0 Å². The summed E-state index contributed by atoms with van der Waals surface area (Å²) in [5, 5.41) is 14.5. The molecule has 132 valence electrons. The first-order valence-electron chi connectivity index (χ1n) is 8.22. The van der Waals surface area contributed by atoms with E-state index >= 15 is 0 Å². The van der Waals surface area contributed by atoms with E-state index in [0.29, 0.717) is 31.1 Å². The number of piperazine rings is 1. The minimum absolute atomic E-state index is 0.0816. The molecule has 1 aliphatic heterocycles. The smallest absolute Gasteiger partial charge is 0.261 e. The van der Waals surface area contributed by atoms with Crippen LogP contribution >= 0.6 is 11.3 Å². The molecule has 2 heterocycles. The summed E-state index contributed by atoms with van der Waals surface area (Å²) < 4.78 is 0. The number of aromatic hydroxyl groups is 1. The lowest BCUT2D eigenvalue weighted by atomic mass is 10.2. The molecule has 0 bridgehead atoms. The highest BCUT2D eigenvalue weighted by atomic mass is 32.1. The quantitative estimate of drug-likeness (QED) is 0.875. The van der Waals surface area contributed by atoms with Crippen LogP contribution in [0.3, 0.4) is 0 Å². The summed E-state index contributed by atoms with van der Waals surface area (Å²) in [5.41, 5.74) is 0.786. The Bertz CT molecular complexity index is 740. The maximum atomic E-state index is 12.6. The second kappa shape index (κ2) is 7.57. The predicted molar refractivity (Wildman–Crippen MR) is 98.1 cm³/mol. The Kier molecular flexibility index (Phi) is 5.23. The highest BCUT2D eigenvalue weighted by molar-refractivity contribution is 7.12. The number of carbonyl (C=O) groups excluding carboxylic acids is 2. The molecule has 1 fully saturated rings. The van der Waals surface area contributed by atoms with E-state index in [-0.39, 0.29) is 17.6 Å². The van der Waals surface area contributed by atoms with Gasteiger partial charge in [0.1, 0.15) is 11.8 Å². The summed E-state index contributed by atoms with van der Waals surface area (Å²) in [4.78, 5) is 29.1. The molecule has 0 spiro atoms. The van der Waals surface area contributed by atoms with Crippen molar-refractivity contribution in [1.82, 2.24) is 10.2 Å². The number of hydrogen-bond acceptors (Lipinski definition) is 5. The third kappa shape index (κ3) is 3.93. The minimum Gasteiger partial charge on any atom is -0.506 e. The van der Waals surface area contributed by atoms with Gasteiger partial charge in [-0.05, 0) is 30.5 Å². The number of para-hydroxylation sites is 2. The van der Waals surface area contributed by atoms with Gasteiger partial charge in [0.2, 0.25) is 5.91 Å². The molecular formula is C18H21N3O3S. The molecule has 2 amide bonds. The number of carbonyl (C=O) groups is 2. The van der Waals surface area contributed by atoms with Gasteiger partial charge in [0.25, 0.3) is 5.91 Å². The molecule has 25 heavy (non-hydrogen) atoms. The molecule has 7 heteroatoms. The maximum absolute atomic E-state index is 12.6. The zero-order chi connectivity index (χ0) is 17.8. The SMILES string of the molecule is CC(NC(=O)c1cccs1)C(=O)N1CCN(c2ccccc2O)CC1. The van der Waals surface area contributed by atoms with Gasteiger partial charge in [-0.1, -0.05) is 18.2 Å². The van der Waals surface area contributed by atoms with Crippen molar-refractivity contribution in [2.75, 3.05) is 31.1 Å². The topological polar surface area (TPSA) is 72.9 Å². The molecule has 0 aliphatic carbocycles. The van der Waals surface area contributed by atoms with E-state index < -0.39 is 6.04 Å². The lowest BCUT2D eigenvalue weighted by Gasteiger charge is -2.37. The monoisotopic (exact) mass is 359 g/mol. The average Bonchev–Trinajstić information content (AvgIpc) is 3.16. The van der Waals surface area contributed by atoms with Crippen LogP contribution in [0.1, 0.15) is 16.6 Å². The second-order valence-electron chi connectivity index (χ2n) is 5.97. The molecule has 0 radical (unpaired) electrons. The second-order valence-corrected chi connectivity index (χ2v) is 6.92. The largest absolute Gasteiger partial charge is 0.506 e. The van der Waals surface area contributed by atoms with E-state index in [9.17, 15) is 14.7 Å². The number of anilines is 1. The number of benzene rings is 1. The molecule has 1 atom stereocenters. The number of nitrogens with one attached hydrogen (secondary N) is 1. The van der Waals surface area contributed by atoms with E-state index in [4.69, 9.17) is 0 Å². The van der Waals surface area contributed by atoms with Crippen LogP contribution in [-0.4, -0.2) is 54.0 Å². The van der Waals surface area contributed by atoms with Crippen LogP contribution in [0.4, 0.5) is 5.69 Å². The lowest BCUT2D eigenvalue weighted by molar-refractivity contribution is -0.133. The van der Waals surface area contributed by atoms with E-state index in [0.717, 1.165) is 5.69 Å². The van der Waals surface area contributed by atoms with Gasteiger partial charge >= 0.3 is 0 Å². The van der Waals surface area contributed by atoms with Gasteiger partial charge in [-0.15, -0.1) is 11.3 Å². The van der Waals surface area contributed by atoms with Gasteiger partial charge in [0, 0.05) is 26.2 Å². The zero-order valence-electron chi connectivity index (χ0n) is 14.0. The van der Waals surface area contributed by atoms with Crippen molar-refractivity contribution in [2.45, 2.75) is 13.0 Å². The average molecular weight is 359 g/mol. The highest BCUT2D eigenvalue weighted by Crippen LogP contribution is 2.27. The number of phenols is 1. The third-order valence-electron chi connectivity index (χ3n) is 4.28. The molecule has 1 saturated heterocycles. The molecule has 2 aromatic rings. The van der Waals surface area contributed by atoms with Crippen molar-refractivity contribution in [1.29, 1.82) is 0 Å². The van der Waals surface area contributed by atoms with Crippen LogP contribution < -0.4 is 10.2 Å². The zero-order valence-corrected chi connectivity index (χ0v) is 14.8. The number of amides is 2. The van der Waals surface area contributed by atoms with Crippen molar-refractivity contribution < 1.29 is 14.7 Å². The van der Waals surface area contributed by atoms with E-state index in [2.05, 4.69) is 10.2 Å². The van der Waals surface area contributed by atoms with E-state index in [1.807, 2.05) is 23.6 Å². The maximum Gasteiger partial charge on any atom is 0.261 e. The summed E-state index contributed by atoms with van der Waals surface area (Å²) in [5.74, 6) is -0.0515.